The molecule has 3 heterocycles. The van der Waals surface area contributed by atoms with Crippen LogP contribution in [0.15, 0.2) is 24.5 Å². The predicted molar refractivity (Wildman–Crippen MR) is 65.7 cm³/mol. The van der Waals surface area contributed by atoms with Crippen molar-refractivity contribution in [2.45, 2.75) is 19.1 Å². The Kier molecular flexibility index (Phi) is 3.13. The summed E-state index contributed by atoms with van der Waals surface area (Å²) in [5, 5.41) is 3.03. The maximum absolute atomic E-state index is 13.1. The Hall–Kier alpha value is -2.02. The molecule has 1 aliphatic rings. The number of alkyl halides is 3. The van der Waals surface area contributed by atoms with Gasteiger partial charge in [0, 0.05) is 30.1 Å². The Morgan fingerprint density at radius 3 is 2.55 bits per heavy atom. The van der Waals surface area contributed by atoms with Crippen LogP contribution in [0, 0.1) is 0 Å². The Bertz CT molecular complexity index is 626. The van der Waals surface area contributed by atoms with E-state index in [1.807, 2.05) is 0 Å². The minimum absolute atomic E-state index is 0.0853. The monoisotopic (exact) mass is 280 g/mol. The lowest BCUT2D eigenvalue weighted by Gasteiger charge is -2.21. The van der Waals surface area contributed by atoms with Crippen molar-refractivity contribution >= 4 is 0 Å². The van der Waals surface area contributed by atoms with E-state index in [4.69, 9.17) is 0 Å². The minimum atomic E-state index is -4.47. The summed E-state index contributed by atoms with van der Waals surface area (Å²) in [5.41, 5.74) is 0.328. The van der Waals surface area contributed by atoms with Crippen LogP contribution in [-0.4, -0.2) is 21.5 Å². The van der Waals surface area contributed by atoms with Crippen LogP contribution in [0.3, 0.4) is 0 Å². The summed E-state index contributed by atoms with van der Waals surface area (Å²) >= 11 is 0. The largest absolute Gasteiger partial charge is 0.433 e. The Balaban J connectivity index is 2.19. The molecule has 0 saturated heterocycles. The number of rotatable bonds is 1. The molecule has 0 fully saturated rings. The molecular formula is C13H11F3N4. The third kappa shape index (κ3) is 2.36. The van der Waals surface area contributed by atoms with Crippen molar-refractivity contribution in [3.05, 3.63) is 41.5 Å². The van der Waals surface area contributed by atoms with Gasteiger partial charge in [-0.2, -0.15) is 13.2 Å². The quantitative estimate of drug-likeness (QED) is 0.870. The van der Waals surface area contributed by atoms with Gasteiger partial charge < -0.3 is 5.32 Å². The van der Waals surface area contributed by atoms with Crippen LogP contribution in [-0.2, 0) is 19.1 Å². The van der Waals surface area contributed by atoms with E-state index in [-0.39, 0.29) is 11.4 Å². The molecule has 0 bridgehead atoms. The van der Waals surface area contributed by atoms with Gasteiger partial charge in [-0.1, -0.05) is 0 Å². The summed E-state index contributed by atoms with van der Waals surface area (Å²) in [7, 11) is 0. The average Bonchev–Trinajstić information content (AvgIpc) is 2.46. The van der Waals surface area contributed by atoms with Crippen LogP contribution in [0.25, 0.3) is 11.4 Å². The van der Waals surface area contributed by atoms with Crippen molar-refractivity contribution in [2.24, 2.45) is 0 Å². The third-order valence-corrected chi connectivity index (χ3v) is 3.14. The Labute approximate surface area is 113 Å². The lowest BCUT2D eigenvalue weighted by molar-refractivity contribution is -0.142. The molecule has 7 heteroatoms. The summed E-state index contributed by atoms with van der Waals surface area (Å²) in [6.07, 6.45) is -1.17. The molecule has 2 aromatic heterocycles. The van der Waals surface area contributed by atoms with E-state index in [0.717, 1.165) is 0 Å². The summed E-state index contributed by atoms with van der Waals surface area (Å²) in [4.78, 5) is 11.8. The molecule has 0 unspecified atom stereocenters. The number of aromatic nitrogens is 3. The zero-order chi connectivity index (χ0) is 14.2. The van der Waals surface area contributed by atoms with Gasteiger partial charge in [0.05, 0.1) is 5.69 Å². The van der Waals surface area contributed by atoms with Gasteiger partial charge >= 0.3 is 6.18 Å². The second kappa shape index (κ2) is 4.82. The van der Waals surface area contributed by atoms with Crippen LogP contribution in [0.5, 0.6) is 0 Å². The molecule has 104 valence electrons. The SMILES string of the molecule is FC(F)(F)c1nc(-c2ccncc2)nc2c1CCNC2. The minimum Gasteiger partial charge on any atom is -0.311 e. The molecule has 0 saturated carbocycles. The number of pyridine rings is 1. The van der Waals surface area contributed by atoms with Crippen LogP contribution < -0.4 is 5.32 Å². The summed E-state index contributed by atoms with van der Waals surface area (Å²) in [6, 6.07) is 3.19. The summed E-state index contributed by atoms with van der Waals surface area (Å²) < 4.78 is 39.4. The molecule has 0 spiro atoms. The highest BCUT2D eigenvalue weighted by Gasteiger charge is 2.38. The number of nitrogens with one attached hydrogen (secondary N) is 1. The normalized spacial score (nSPS) is 14.9. The van der Waals surface area contributed by atoms with E-state index < -0.39 is 11.9 Å². The number of hydrogen-bond acceptors (Lipinski definition) is 4. The van der Waals surface area contributed by atoms with Gasteiger partial charge in [-0.3, -0.25) is 4.98 Å². The fourth-order valence-electron chi connectivity index (χ4n) is 2.22. The first-order valence-corrected chi connectivity index (χ1v) is 6.14. The average molecular weight is 280 g/mol. The molecule has 0 aliphatic carbocycles. The second-order valence-electron chi connectivity index (χ2n) is 4.48. The smallest absolute Gasteiger partial charge is 0.311 e. The highest BCUT2D eigenvalue weighted by atomic mass is 19.4. The molecule has 1 aliphatic heterocycles. The zero-order valence-corrected chi connectivity index (χ0v) is 10.4. The molecule has 2 aromatic rings. The lowest BCUT2D eigenvalue weighted by Crippen LogP contribution is -2.28. The molecule has 20 heavy (non-hydrogen) atoms. The van der Waals surface area contributed by atoms with Crippen LogP contribution in [0.2, 0.25) is 0 Å². The number of hydrogen-bond donors (Lipinski definition) is 1. The highest BCUT2D eigenvalue weighted by molar-refractivity contribution is 5.55. The van der Waals surface area contributed by atoms with E-state index in [1.54, 1.807) is 12.1 Å². The fraction of sp³-hybridized carbons (Fsp3) is 0.308. The first kappa shape index (κ1) is 13.0. The van der Waals surface area contributed by atoms with E-state index in [0.29, 0.717) is 30.8 Å². The fourth-order valence-corrected chi connectivity index (χ4v) is 2.22. The van der Waals surface area contributed by atoms with Gasteiger partial charge in [-0.25, -0.2) is 9.97 Å². The van der Waals surface area contributed by atoms with Crippen LogP contribution in [0.1, 0.15) is 17.0 Å². The van der Waals surface area contributed by atoms with Gasteiger partial charge in [0.2, 0.25) is 0 Å². The third-order valence-electron chi connectivity index (χ3n) is 3.14. The molecule has 0 atom stereocenters. The van der Waals surface area contributed by atoms with Crippen LogP contribution in [0.4, 0.5) is 13.2 Å². The van der Waals surface area contributed by atoms with E-state index >= 15 is 0 Å². The van der Waals surface area contributed by atoms with Crippen LogP contribution >= 0.6 is 0 Å². The van der Waals surface area contributed by atoms with Crippen molar-refractivity contribution in [2.75, 3.05) is 6.54 Å². The predicted octanol–water partition coefficient (Wildman–Crippen LogP) is 2.20. The standard InChI is InChI=1S/C13H11F3N4/c14-13(15,16)11-9-3-6-18-7-10(9)19-12(20-11)8-1-4-17-5-2-8/h1-2,4-5,18H,3,6-7H2. The van der Waals surface area contributed by atoms with E-state index in [1.165, 1.54) is 12.4 Å². The van der Waals surface area contributed by atoms with Crippen molar-refractivity contribution in [3.63, 3.8) is 0 Å². The van der Waals surface area contributed by atoms with E-state index in [2.05, 4.69) is 20.3 Å². The Morgan fingerprint density at radius 2 is 1.85 bits per heavy atom. The Morgan fingerprint density at radius 1 is 1.10 bits per heavy atom. The highest BCUT2D eigenvalue weighted by Crippen LogP contribution is 2.34. The van der Waals surface area contributed by atoms with Gasteiger partial charge in [0.1, 0.15) is 0 Å². The molecule has 3 rings (SSSR count). The van der Waals surface area contributed by atoms with Gasteiger partial charge in [0.15, 0.2) is 11.5 Å². The van der Waals surface area contributed by atoms with Crippen molar-refractivity contribution < 1.29 is 13.2 Å². The van der Waals surface area contributed by atoms with Gasteiger partial charge in [-0.05, 0) is 25.1 Å². The van der Waals surface area contributed by atoms with Crippen molar-refractivity contribution in [3.8, 4) is 11.4 Å². The molecule has 0 amide bonds. The second-order valence-corrected chi connectivity index (χ2v) is 4.48. The maximum atomic E-state index is 13.1. The van der Waals surface area contributed by atoms with Crippen molar-refractivity contribution in [1.82, 2.24) is 20.3 Å². The molecule has 0 radical (unpaired) electrons. The van der Waals surface area contributed by atoms with E-state index in [9.17, 15) is 13.2 Å². The van der Waals surface area contributed by atoms with Crippen molar-refractivity contribution in [1.29, 1.82) is 0 Å². The summed E-state index contributed by atoms with van der Waals surface area (Å²) in [5.74, 6) is 0.0853. The summed E-state index contributed by atoms with van der Waals surface area (Å²) in [6.45, 7) is 0.840. The number of nitrogens with zero attached hydrogens (tertiary/aromatic N) is 3. The van der Waals surface area contributed by atoms with Gasteiger partial charge in [-0.15, -0.1) is 0 Å². The number of fused-ring (bicyclic) bond motifs is 1. The van der Waals surface area contributed by atoms with Gasteiger partial charge in [0.25, 0.3) is 0 Å². The first-order chi connectivity index (χ1) is 9.55. The zero-order valence-electron chi connectivity index (χ0n) is 10.4. The first-order valence-electron chi connectivity index (χ1n) is 6.14. The molecule has 1 N–H and O–H groups in total. The molecule has 4 nitrogen and oxygen atoms in total. The molecular weight excluding hydrogens is 269 g/mol. The number of halogens is 3. The molecule has 0 aromatic carbocycles. The topological polar surface area (TPSA) is 50.7 Å². The maximum Gasteiger partial charge on any atom is 0.433 e. The lowest BCUT2D eigenvalue weighted by atomic mass is 10.0.